The third-order valence-electron chi connectivity index (χ3n) is 2.42. The van der Waals surface area contributed by atoms with Crippen LogP contribution in [0.15, 0.2) is 41.7 Å². The summed E-state index contributed by atoms with van der Waals surface area (Å²) in [5.41, 5.74) is 2.20. The van der Waals surface area contributed by atoms with Crippen LogP contribution in [0.1, 0.15) is 6.92 Å². The number of Topliss-reactive ketones (excluding diaryl/α,β-unsaturated/α-hetero) is 1. The van der Waals surface area contributed by atoms with Gasteiger partial charge in [0.2, 0.25) is 0 Å². The van der Waals surface area contributed by atoms with Crippen molar-refractivity contribution < 1.29 is 4.79 Å². The van der Waals surface area contributed by atoms with Crippen molar-refractivity contribution >= 4 is 30.0 Å². The Bertz CT molecular complexity index is 525. The summed E-state index contributed by atoms with van der Waals surface area (Å²) in [7, 11) is 1.97. The molecule has 18 heavy (non-hydrogen) atoms. The van der Waals surface area contributed by atoms with E-state index in [0.717, 1.165) is 16.4 Å². The highest BCUT2D eigenvalue weighted by atomic mass is 35.5. The van der Waals surface area contributed by atoms with E-state index in [0.29, 0.717) is 5.75 Å². The number of hydrogen-bond donors (Lipinski definition) is 0. The highest BCUT2D eigenvalue weighted by Crippen LogP contribution is 2.24. The third-order valence-corrected chi connectivity index (χ3v) is 3.61. The minimum atomic E-state index is 0. The predicted molar refractivity (Wildman–Crippen MR) is 77.3 cm³/mol. The maximum absolute atomic E-state index is 10.9. The number of thioether (sulfide) groups is 1. The second-order valence-electron chi connectivity index (χ2n) is 3.84. The summed E-state index contributed by atoms with van der Waals surface area (Å²) < 4.78 is 2.02. The maximum atomic E-state index is 10.9. The molecule has 0 N–H and O–H groups in total. The van der Waals surface area contributed by atoms with E-state index in [4.69, 9.17) is 0 Å². The van der Waals surface area contributed by atoms with Crippen LogP contribution in [0.5, 0.6) is 0 Å². The number of ketones is 1. The van der Waals surface area contributed by atoms with Gasteiger partial charge in [0.15, 0.2) is 5.16 Å². The van der Waals surface area contributed by atoms with Gasteiger partial charge < -0.3 is 4.57 Å². The Balaban J connectivity index is 0.00000162. The molecule has 0 saturated heterocycles. The quantitative estimate of drug-likeness (QED) is 0.808. The van der Waals surface area contributed by atoms with Crippen molar-refractivity contribution in [2.45, 2.75) is 12.1 Å². The molecule has 0 atom stereocenters. The molecule has 0 amide bonds. The summed E-state index contributed by atoms with van der Waals surface area (Å²) in [4.78, 5) is 15.3. The SMILES string of the molecule is CC(=O)CSc1ncc(-c2ccccc2)n1C.Cl. The summed E-state index contributed by atoms with van der Waals surface area (Å²) in [6.07, 6.45) is 1.85. The van der Waals surface area contributed by atoms with Gasteiger partial charge >= 0.3 is 0 Å². The molecule has 0 bridgehead atoms. The lowest BCUT2D eigenvalue weighted by molar-refractivity contribution is -0.114. The van der Waals surface area contributed by atoms with Crippen molar-refractivity contribution in [3.63, 3.8) is 0 Å². The van der Waals surface area contributed by atoms with Gasteiger partial charge in [0, 0.05) is 7.05 Å². The summed E-state index contributed by atoms with van der Waals surface area (Å²) in [5.74, 6) is 0.637. The van der Waals surface area contributed by atoms with Crippen LogP contribution in [-0.4, -0.2) is 21.1 Å². The van der Waals surface area contributed by atoms with Gasteiger partial charge in [-0.2, -0.15) is 0 Å². The molecule has 2 aromatic rings. The maximum Gasteiger partial charge on any atom is 0.168 e. The van der Waals surface area contributed by atoms with Gasteiger partial charge in [0.1, 0.15) is 5.78 Å². The Hall–Kier alpha value is -1.26. The number of imidazole rings is 1. The van der Waals surface area contributed by atoms with Gasteiger partial charge in [-0.15, -0.1) is 12.4 Å². The Labute approximate surface area is 117 Å². The van der Waals surface area contributed by atoms with E-state index in [-0.39, 0.29) is 18.2 Å². The zero-order valence-electron chi connectivity index (χ0n) is 10.3. The average molecular weight is 283 g/mol. The van der Waals surface area contributed by atoms with Crippen LogP contribution in [-0.2, 0) is 11.8 Å². The fourth-order valence-corrected chi connectivity index (χ4v) is 2.32. The molecule has 1 heterocycles. The Kier molecular flexibility index (Phi) is 5.44. The number of rotatable bonds is 4. The first-order valence-electron chi connectivity index (χ1n) is 5.38. The Morgan fingerprint density at radius 3 is 2.61 bits per heavy atom. The summed E-state index contributed by atoms with van der Waals surface area (Å²) in [6, 6.07) is 10.1. The standard InChI is InChI=1S/C13H14N2OS.ClH/c1-10(16)9-17-13-14-8-12(15(13)2)11-6-4-3-5-7-11;/h3-8H,9H2,1-2H3;1H. The van der Waals surface area contributed by atoms with Crippen molar-refractivity contribution in [3.05, 3.63) is 36.5 Å². The van der Waals surface area contributed by atoms with E-state index in [1.165, 1.54) is 11.8 Å². The van der Waals surface area contributed by atoms with Crippen molar-refractivity contribution in [2.75, 3.05) is 5.75 Å². The van der Waals surface area contributed by atoms with Crippen molar-refractivity contribution in [2.24, 2.45) is 7.05 Å². The molecule has 0 aliphatic carbocycles. The molecular formula is C13H15ClN2OS. The molecule has 0 spiro atoms. The molecule has 0 radical (unpaired) electrons. The lowest BCUT2D eigenvalue weighted by Gasteiger charge is -2.04. The van der Waals surface area contributed by atoms with Crippen LogP contribution < -0.4 is 0 Å². The van der Waals surface area contributed by atoms with E-state index in [9.17, 15) is 4.79 Å². The average Bonchev–Trinajstić information content (AvgIpc) is 2.69. The van der Waals surface area contributed by atoms with E-state index in [2.05, 4.69) is 17.1 Å². The van der Waals surface area contributed by atoms with E-state index < -0.39 is 0 Å². The minimum Gasteiger partial charge on any atom is -0.322 e. The number of aromatic nitrogens is 2. The first kappa shape index (κ1) is 14.8. The number of nitrogens with zero attached hydrogens (tertiary/aromatic N) is 2. The number of carbonyl (C=O) groups is 1. The highest BCUT2D eigenvalue weighted by Gasteiger charge is 2.09. The molecular weight excluding hydrogens is 268 g/mol. The zero-order chi connectivity index (χ0) is 12.3. The third kappa shape index (κ3) is 3.37. The number of hydrogen-bond acceptors (Lipinski definition) is 3. The molecule has 0 aliphatic rings. The van der Waals surface area contributed by atoms with E-state index >= 15 is 0 Å². The minimum absolute atomic E-state index is 0. The molecule has 0 saturated carbocycles. The van der Waals surface area contributed by atoms with Crippen LogP contribution in [0, 0.1) is 0 Å². The van der Waals surface area contributed by atoms with Crippen molar-refractivity contribution in [1.29, 1.82) is 0 Å². The number of halogens is 1. The van der Waals surface area contributed by atoms with Gasteiger partial charge in [-0.05, 0) is 12.5 Å². The second-order valence-corrected chi connectivity index (χ2v) is 4.78. The smallest absolute Gasteiger partial charge is 0.168 e. The topological polar surface area (TPSA) is 34.9 Å². The second kappa shape index (κ2) is 6.61. The zero-order valence-corrected chi connectivity index (χ0v) is 11.9. The molecule has 3 nitrogen and oxygen atoms in total. The van der Waals surface area contributed by atoms with Gasteiger partial charge in [0.25, 0.3) is 0 Å². The summed E-state index contributed by atoms with van der Waals surface area (Å²) >= 11 is 1.47. The van der Waals surface area contributed by atoms with E-state index in [1.807, 2.05) is 36.0 Å². The Morgan fingerprint density at radius 2 is 2.00 bits per heavy atom. The van der Waals surface area contributed by atoms with Gasteiger partial charge in [0.05, 0.1) is 17.6 Å². The largest absolute Gasteiger partial charge is 0.322 e. The monoisotopic (exact) mass is 282 g/mol. The molecule has 0 aliphatic heterocycles. The van der Waals surface area contributed by atoms with Crippen LogP contribution in [0.2, 0.25) is 0 Å². The first-order chi connectivity index (χ1) is 8.18. The fourth-order valence-electron chi connectivity index (χ4n) is 1.57. The normalized spacial score (nSPS) is 9.89. The lowest BCUT2D eigenvalue weighted by Crippen LogP contribution is -1.98. The van der Waals surface area contributed by atoms with Gasteiger partial charge in [-0.25, -0.2) is 4.98 Å². The predicted octanol–water partition coefficient (Wildman–Crippen LogP) is 3.19. The lowest BCUT2D eigenvalue weighted by atomic mass is 10.2. The van der Waals surface area contributed by atoms with Crippen molar-refractivity contribution in [1.82, 2.24) is 9.55 Å². The molecule has 5 heteroatoms. The summed E-state index contributed by atoms with van der Waals surface area (Å²) in [5, 5.41) is 0.874. The fraction of sp³-hybridized carbons (Fsp3) is 0.231. The molecule has 2 rings (SSSR count). The Morgan fingerprint density at radius 1 is 1.33 bits per heavy atom. The first-order valence-corrected chi connectivity index (χ1v) is 6.36. The molecule has 96 valence electrons. The molecule has 1 aromatic carbocycles. The molecule has 1 aromatic heterocycles. The number of carbonyl (C=O) groups excluding carboxylic acids is 1. The van der Waals surface area contributed by atoms with Crippen LogP contribution in [0.3, 0.4) is 0 Å². The molecule has 0 fully saturated rings. The highest BCUT2D eigenvalue weighted by molar-refractivity contribution is 7.99. The van der Waals surface area contributed by atoms with Crippen LogP contribution >= 0.6 is 24.2 Å². The van der Waals surface area contributed by atoms with Crippen molar-refractivity contribution in [3.8, 4) is 11.3 Å². The van der Waals surface area contributed by atoms with Gasteiger partial charge in [-0.1, -0.05) is 42.1 Å². The van der Waals surface area contributed by atoms with Crippen LogP contribution in [0.4, 0.5) is 0 Å². The number of benzene rings is 1. The molecule has 0 unspecified atom stereocenters. The van der Waals surface area contributed by atoms with Gasteiger partial charge in [-0.3, -0.25) is 4.79 Å². The van der Waals surface area contributed by atoms with E-state index in [1.54, 1.807) is 6.92 Å². The summed E-state index contributed by atoms with van der Waals surface area (Å²) in [6.45, 7) is 1.59. The van der Waals surface area contributed by atoms with Crippen LogP contribution in [0.25, 0.3) is 11.3 Å².